The van der Waals surface area contributed by atoms with Crippen LogP contribution in [0, 0.1) is 0 Å². The van der Waals surface area contributed by atoms with Crippen molar-refractivity contribution in [3.05, 3.63) is 47.9 Å². The average Bonchev–Trinajstić information content (AvgIpc) is 3.39. The topological polar surface area (TPSA) is 78.0 Å². The summed E-state index contributed by atoms with van der Waals surface area (Å²) in [5.41, 5.74) is 2.51. The number of carbonyl (C=O) groups is 1. The van der Waals surface area contributed by atoms with Gasteiger partial charge in [-0.05, 0) is 37.1 Å². The molecule has 3 aromatic heterocycles. The predicted molar refractivity (Wildman–Crippen MR) is 98.2 cm³/mol. The first kappa shape index (κ1) is 15.3. The smallest absolute Gasteiger partial charge is 0.256 e. The molecule has 0 spiro atoms. The van der Waals surface area contributed by atoms with Crippen LogP contribution in [-0.2, 0) is 0 Å². The summed E-state index contributed by atoms with van der Waals surface area (Å²) in [5.74, 6) is 1.53. The molecule has 4 heterocycles. The summed E-state index contributed by atoms with van der Waals surface area (Å²) in [6.45, 7) is 1.56. The lowest BCUT2D eigenvalue weighted by Gasteiger charge is -2.44. The summed E-state index contributed by atoms with van der Waals surface area (Å²) in [6.07, 6.45) is 5.93. The number of nitrogens with one attached hydrogen (secondary N) is 1. The summed E-state index contributed by atoms with van der Waals surface area (Å²) < 4.78 is 0. The maximum atomic E-state index is 12.9. The van der Waals surface area contributed by atoms with Crippen LogP contribution in [0.1, 0.15) is 34.8 Å². The number of H-pyrrole nitrogens is 1. The molecule has 1 amide bonds. The summed E-state index contributed by atoms with van der Waals surface area (Å²) in [7, 11) is 1.86. The van der Waals surface area contributed by atoms with Gasteiger partial charge in [-0.2, -0.15) is 5.10 Å². The number of rotatable bonds is 4. The van der Waals surface area contributed by atoms with E-state index in [4.69, 9.17) is 0 Å². The fourth-order valence-corrected chi connectivity index (χ4v) is 3.48. The molecule has 3 aromatic rings. The molecule has 2 fully saturated rings. The number of fused-ring (bicyclic) bond motifs is 1. The van der Waals surface area contributed by atoms with Gasteiger partial charge in [0.05, 0.1) is 17.3 Å². The number of aromatic amines is 1. The molecule has 0 aromatic carbocycles. The van der Waals surface area contributed by atoms with Crippen LogP contribution in [0.3, 0.4) is 0 Å². The van der Waals surface area contributed by atoms with E-state index < -0.39 is 0 Å². The van der Waals surface area contributed by atoms with Crippen molar-refractivity contribution in [2.24, 2.45) is 0 Å². The van der Waals surface area contributed by atoms with Crippen molar-refractivity contribution < 1.29 is 4.79 Å². The highest BCUT2D eigenvalue weighted by Crippen LogP contribution is 2.38. The predicted octanol–water partition coefficient (Wildman–Crippen LogP) is 2.19. The van der Waals surface area contributed by atoms with Gasteiger partial charge in [-0.15, -0.1) is 5.10 Å². The molecule has 5 rings (SSSR count). The molecule has 2 aliphatic rings. The molecular formula is C19H20N6O. The number of carbonyl (C=O) groups excluding carboxylic acids is 1. The first-order valence-corrected chi connectivity index (χ1v) is 8.98. The van der Waals surface area contributed by atoms with E-state index >= 15 is 0 Å². The third-order valence-electron chi connectivity index (χ3n) is 5.40. The average molecular weight is 348 g/mol. The Balaban J connectivity index is 1.26. The van der Waals surface area contributed by atoms with E-state index in [1.807, 2.05) is 30.1 Å². The van der Waals surface area contributed by atoms with Crippen LogP contribution in [-0.4, -0.2) is 57.2 Å². The number of hydrogen-bond donors (Lipinski definition) is 1. The Bertz CT molecular complexity index is 956. The van der Waals surface area contributed by atoms with Crippen LogP contribution < -0.4 is 4.90 Å². The second kappa shape index (κ2) is 5.79. The van der Waals surface area contributed by atoms with Gasteiger partial charge < -0.3 is 14.8 Å². The summed E-state index contributed by atoms with van der Waals surface area (Å²) >= 11 is 0. The SMILES string of the molecule is CN(C(=O)c1c[nH]c2ncccc12)C1CN(c2ccc(C3CC3)nn2)C1. The van der Waals surface area contributed by atoms with Crippen LogP contribution in [0.2, 0.25) is 0 Å². The van der Waals surface area contributed by atoms with Gasteiger partial charge >= 0.3 is 0 Å². The van der Waals surface area contributed by atoms with Gasteiger partial charge in [-0.3, -0.25) is 4.79 Å². The number of aromatic nitrogens is 4. The first-order valence-electron chi connectivity index (χ1n) is 8.98. The minimum absolute atomic E-state index is 0.0177. The van der Waals surface area contributed by atoms with Gasteiger partial charge in [-0.1, -0.05) is 0 Å². The lowest BCUT2D eigenvalue weighted by Crippen LogP contribution is -2.60. The zero-order chi connectivity index (χ0) is 17.7. The number of anilines is 1. The monoisotopic (exact) mass is 348 g/mol. The highest BCUT2D eigenvalue weighted by Gasteiger charge is 2.34. The lowest BCUT2D eigenvalue weighted by atomic mass is 10.1. The minimum atomic E-state index is 0.0177. The van der Waals surface area contributed by atoms with E-state index in [9.17, 15) is 4.79 Å². The normalized spacial score (nSPS) is 17.3. The zero-order valence-electron chi connectivity index (χ0n) is 14.6. The molecule has 0 unspecified atom stereocenters. The maximum Gasteiger partial charge on any atom is 0.256 e. The molecule has 132 valence electrons. The van der Waals surface area contributed by atoms with Crippen LogP contribution in [0.15, 0.2) is 36.7 Å². The van der Waals surface area contributed by atoms with E-state index in [1.165, 1.54) is 12.8 Å². The number of amides is 1. The van der Waals surface area contributed by atoms with Crippen molar-refractivity contribution in [2.75, 3.05) is 25.0 Å². The van der Waals surface area contributed by atoms with Crippen LogP contribution in [0.25, 0.3) is 11.0 Å². The number of nitrogens with zero attached hydrogens (tertiary/aromatic N) is 5. The summed E-state index contributed by atoms with van der Waals surface area (Å²) in [5, 5.41) is 9.55. The molecule has 26 heavy (non-hydrogen) atoms. The number of pyridine rings is 1. The standard InChI is InChI=1S/C19H20N6O/c1-24(19(26)15-9-21-18-14(15)3-2-8-20-18)13-10-25(11-13)17-7-6-16(22-23-17)12-4-5-12/h2-3,6-9,12-13H,4-5,10-11H2,1H3,(H,20,21). The second-order valence-corrected chi connectivity index (χ2v) is 7.17. The van der Waals surface area contributed by atoms with E-state index in [2.05, 4.69) is 31.1 Å². The number of likely N-dealkylation sites (N-methyl/N-ethyl adjacent to an activating group) is 1. The Morgan fingerprint density at radius 1 is 1.23 bits per heavy atom. The minimum Gasteiger partial charge on any atom is -0.351 e. The third-order valence-corrected chi connectivity index (χ3v) is 5.40. The van der Waals surface area contributed by atoms with Crippen molar-refractivity contribution in [1.29, 1.82) is 0 Å². The molecule has 7 heteroatoms. The van der Waals surface area contributed by atoms with Crippen LogP contribution in [0.4, 0.5) is 5.82 Å². The van der Waals surface area contributed by atoms with Crippen LogP contribution in [0.5, 0.6) is 0 Å². The van der Waals surface area contributed by atoms with Crippen LogP contribution >= 0.6 is 0 Å². The lowest BCUT2D eigenvalue weighted by molar-refractivity contribution is 0.0707. The molecule has 0 radical (unpaired) electrons. The van der Waals surface area contributed by atoms with Gasteiger partial charge in [-0.25, -0.2) is 4.98 Å². The molecule has 1 aliphatic heterocycles. The largest absolute Gasteiger partial charge is 0.351 e. The first-order chi connectivity index (χ1) is 12.7. The third kappa shape index (κ3) is 2.51. The molecule has 1 N–H and O–H groups in total. The van der Waals surface area contributed by atoms with Crippen molar-refractivity contribution in [3.8, 4) is 0 Å². The quantitative estimate of drug-likeness (QED) is 0.782. The van der Waals surface area contributed by atoms with Crippen molar-refractivity contribution in [3.63, 3.8) is 0 Å². The highest BCUT2D eigenvalue weighted by atomic mass is 16.2. The van der Waals surface area contributed by atoms with E-state index in [0.717, 1.165) is 35.6 Å². The Kier molecular flexibility index (Phi) is 3.41. The van der Waals surface area contributed by atoms with E-state index in [1.54, 1.807) is 12.4 Å². The van der Waals surface area contributed by atoms with Crippen molar-refractivity contribution >= 4 is 22.8 Å². The summed E-state index contributed by atoms with van der Waals surface area (Å²) in [6, 6.07) is 8.07. The van der Waals surface area contributed by atoms with E-state index in [0.29, 0.717) is 11.5 Å². The highest BCUT2D eigenvalue weighted by molar-refractivity contribution is 6.06. The molecule has 7 nitrogen and oxygen atoms in total. The zero-order valence-corrected chi connectivity index (χ0v) is 14.6. The fourth-order valence-electron chi connectivity index (χ4n) is 3.48. The molecule has 0 atom stereocenters. The Morgan fingerprint density at radius 2 is 2.08 bits per heavy atom. The van der Waals surface area contributed by atoms with Gasteiger partial charge in [0, 0.05) is 43.8 Å². The van der Waals surface area contributed by atoms with Gasteiger partial charge in [0.25, 0.3) is 5.91 Å². The van der Waals surface area contributed by atoms with E-state index in [-0.39, 0.29) is 11.9 Å². The van der Waals surface area contributed by atoms with Gasteiger partial charge in [0.15, 0.2) is 5.82 Å². The van der Waals surface area contributed by atoms with Crippen molar-refractivity contribution in [2.45, 2.75) is 24.8 Å². The molecule has 1 aliphatic carbocycles. The van der Waals surface area contributed by atoms with Gasteiger partial charge in [0.2, 0.25) is 0 Å². The summed E-state index contributed by atoms with van der Waals surface area (Å²) in [4.78, 5) is 24.1. The van der Waals surface area contributed by atoms with Gasteiger partial charge in [0.1, 0.15) is 5.65 Å². The Labute approximate surface area is 151 Å². The Morgan fingerprint density at radius 3 is 2.81 bits per heavy atom. The Hall–Kier alpha value is -2.96. The van der Waals surface area contributed by atoms with Crippen molar-refractivity contribution in [1.82, 2.24) is 25.1 Å². The number of hydrogen-bond acceptors (Lipinski definition) is 5. The maximum absolute atomic E-state index is 12.9. The second-order valence-electron chi connectivity index (χ2n) is 7.17. The molecule has 1 saturated heterocycles. The molecule has 0 bridgehead atoms. The molecule has 1 saturated carbocycles. The fraction of sp³-hybridized carbons (Fsp3) is 0.368. The molecular weight excluding hydrogens is 328 g/mol.